The first-order valence-corrected chi connectivity index (χ1v) is 6.22. The topological polar surface area (TPSA) is 49.3 Å². The van der Waals surface area contributed by atoms with Gasteiger partial charge >= 0.3 is 0 Å². The molecule has 2 rings (SSSR count). The Balaban J connectivity index is 2.02. The molecule has 4 atom stereocenters. The van der Waals surface area contributed by atoms with Crippen LogP contribution in [0.3, 0.4) is 0 Å². The average molecular weight is 223 g/mol. The lowest BCUT2D eigenvalue weighted by Crippen LogP contribution is -2.45. The summed E-state index contributed by atoms with van der Waals surface area (Å²) in [5.41, 5.74) is 0.763. The predicted molar refractivity (Wildman–Crippen MR) is 62.8 cm³/mol. The molecule has 2 aliphatic carbocycles. The molecule has 0 radical (unpaired) electrons. The number of hydrogen-bond acceptors (Lipinski definition) is 2. The maximum atomic E-state index is 11.8. The molecule has 0 aromatic carbocycles. The SMILES string of the molecule is C/C=C(/C)C(=O)NC1C2CCC(C2)C1CO. The molecule has 2 fully saturated rings. The lowest BCUT2D eigenvalue weighted by Gasteiger charge is -2.30. The van der Waals surface area contributed by atoms with Crippen LogP contribution in [0, 0.1) is 17.8 Å². The fourth-order valence-electron chi connectivity index (χ4n) is 3.29. The Morgan fingerprint density at radius 3 is 2.75 bits per heavy atom. The molecule has 0 saturated heterocycles. The van der Waals surface area contributed by atoms with Gasteiger partial charge in [-0.05, 0) is 44.9 Å². The zero-order chi connectivity index (χ0) is 11.7. The summed E-state index contributed by atoms with van der Waals surface area (Å²) in [5, 5.41) is 12.5. The summed E-state index contributed by atoms with van der Waals surface area (Å²) < 4.78 is 0. The Labute approximate surface area is 96.9 Å². The molecule has 0 heterocycles. The van der Waals surface area contributed by atoms with Crippen molar-refractivity contribution in [3.8, 4) is 0 Å². The van der Waals surface area contributed by atoms with Crippen LogP contribution in [-0.4, -0.2) is 23.7 Å². The first kappa shape index (κ1) is 11.6. The van der Waals surface area contributed by atoms with Gasteiger partial charge in [0.05, 0.1) is 0 Å². The van der Waals surface area contributed by atoms with E-state index in [2.05, 4.69) is 5.32 Å². The molecular formula is C13H21NO2. The molecular weight excluding hydrogens is 202 g/mol. The van der Waals surface area contributed by atoms with E-state index in [4.69, 9.17) is 0 Å². The second kappa shape index (κ2) is 4.58. The van der Waals surface area contributed by atoms with Crippen molar-refractivity contribution in [2.45, 2.75) is 39.2 Å². The van der Waals surface area contributed by atoms with Gasteiger partial charge in [0, 0.05) is 24.1 Å². The molecule has 2 saturated carbocycles. The molecule has 2 aliphatic rings. The van der Waals surface area contributed by atoms with Gasteiger partial charge in [-0.3, -0.25) is 4.79 Å². The Hall–Kier alpha value is -0.830. The third-order valence-electron chi connectivity index (χ3n) is 4.39. The average Bonchev–Trinajstić information content (AvgIpc) is 2.88. The Morgan fingerprint density at radius 2 is 2.12 bits per heavy atom. The smallest absolute Gasteiger partial charge is 0.246 e. The Kier molecular flexibility index (Phi) is 3.33. The largest absolute Gasteiger partial charge is 0.396 e. The van der Waals surface area contributed by atoms with Crippen molar-refractivity contribution in [3.63, 3.8) is 0 Å². The van der Waals surface area contributed by atoms with Gasteiger partial charge in [0.25, 0.3) is 0 Å². The van der Waals surface area contributed by atoms with Crippen LogP contribution in [-0.2, 0) is 4.79 Å². The van der Waals surface area contributed by atoms with Crippen LogP contribution in [0.1, 0.15) is 33.1 Å². The lowest BCUT2D eigenvalue weighted by atomic mass is 9.85. The van der Waals surface area contributed by atoms with Crippen LogP contribution >= 0.6 is 0 Å². The number of allylic oxidation sites excluding steroid dienone is 1. The number of fused-ring (bicyclic) bond motifs is 2. The summed E-state index contributed by atoms with van der Waals surface area (Å²) >= 11 is 0. The van der Waals surface area contributed by atoms with Gasteiger partial charge in [-0.25, -0.2) is 0 Å². The minimum atomic E-state index is 0.0264. The van der Waals surface area contributed by atoms with Crippen molar-refractivity contribution < 1.29 is 9.90 Å². The third kappa shape index (κ3) is 1.88. The predicted octanol–water partition coefficient (Wildman–Crippen LogP) is 1.48. The quantitative estimate of drug-likeness (QED) is 0.712. The van der Waals surface area contributed by atoms with E-state index in [0.29, 0.717) is 11.8 Å². The first-order chi connectivity index (χ1) is 7.67. The minimum absolute atomic E-state index is 0.0264. The number of aliphatic hydroxyl groups is 1. The van der Waals surface area contributed by atoms with Gasteiger partial charge in [-0.1, -0.05) is 6.08 Å². The van der Waals surface area contributed by atoms with Gasteiger partial charge in [0.2, 0.25) is 5.91 Å². The van der Waals surface area contributed by atoms with Crippen molar-refractivity contribution in [1.29, 1.82) is 0 Å². The fraction of sp³-hybridized carbons (Fsp3) is 0.769. The van der Waals surface area contributed by atoms with Crippen molar-refractivity contribution in [2.24, 2.45) is 17.8 Å². The summed E-state index contributed by atoms with van der Waals surface area (Å²) in [4.78, 5) is 11.8. The fourth-order valence-corrected chi connectivity index (χ4v) is 3.29. The highest BCUT2D eigenvalue weighted by Crippen LogP contribution is 2.48. The normalized spacial score (nSPS) is 37.8. The maximum absolute atomic E-state index is 11.8. The number of carbonyl (C=O) groups is 1. The van der Waals surface area contributed by atoms with E-state index in [1.165, 1.54) is 19.3 Å². The first-order valence-electron chi connectivity index (χ1n) is 6.22. The third-order valence-corrected chi connectivity index (χ3v) is 4.39. The van der Waals surface area contributed by atoms with E-state index in [-0.39, 0.29) is 24.5 Å². The van der Waals surface area contributed by atoms with Gasteiger partial charge in [-0.2, -0.15) is 0 Å². The van der Waals surface area contributed by atoms with Crippen LogP contribution < -0.4 is 5.32 Å². The highest BCUT2D eigenvalue weighted by Gasteiger charge is 2.47. The van der Waals surface area contributed by atoms with E-state index in [1.54, 1.807) is 0 Å². The second-order valence-electron chi connectivity index (χ2n) is 5.15. The number of hydrogen-bond donors (Lipinski definition) is 2. The molecule has 1 amide bonds. The van der Waals surface area contributed by atoms with Crippen LogP contribution in [0.4, 0.5) is 0 Å². The summed E-state index contributed by atoms with van der Waals surface area (Å²) in [6, 6.07) is 0.200. The molecule has 3 heteroatoms. The number of aliphatic hydroxyl groups excluding tert-OH is 1. The van der Waals surface area contributed by atoms with E-state index in [9.17, 15) is 9.90 Å². The van der Waals surface area contributed by atoms with Crippen LogP contribution in [0.2, 0.25) is 0 Å². The molecule has 3 nitrogen and oxygen atoms in total. The van der Waals surface area contributed by atoms with Crippen molar-refractivity contribution in [2.75, 3.05) is 6.61 Å². The molecule has 90 valence electrons. The number of nitrogens with one attached hydrogen (secondary N) is 1. The summed E-state index contributed by atoms with van der Waals surface area (Å²) in [5.74, 6) is 1.54. The van der Waals surface area contributed by atoms with Crippen molar-refractivity contribution >= 4 is 5.91 Å². The molecule has 2 bridgehead atoms. The van der Waals surface area contributed by atoms with Crippen molar-refractivity contribution in [1.82, 2.24) is 5.32 Å². The van der Waals surface area contributed by atoms with E-state index >= 15 is 0 Å². The number of rotatable bonds is 3. The monoisotopic (exact) mass is 223 g/mol. The summed E-state index contributed by atoms with van der Waals surface area (Å²) in [6.45, 7) is 3.91. The van der Waals surface area contributed by atoms with Gasteiger partial charge in [0.1, 0.15) is 0 Å². The van der Waals surface area contributed by atoms with Crippen molar-refractivity contribution in [3.05, 3.63) is 11.6 Å². The molecule has 0 aliphatic heterocycles. The molecule has 2 N–H and O–H groups in total. The van der Waals surface area contributed by atoms with Gasteiger partial charge < -0.3 is 10.4 Å². The van der Waals surface area contributed by atoms with Crippen LogP contribution in [0.15, 0.2) is 11.6 Å². The molecule has 0 spiro atoms. The van der Waals surface area contributed by atoms with Gasteiger partial charge in [-0.15, -0.1) is 0 Å². The highest BCUT2D eigenvalue weighted by molar-refractivity contribution is 5.92. The lowest BCUT2D eigenvalue weighted by molar-refractivity contribution is -0.119. The Bertz CT molecular complexity index is 311. The number of carbonyl (C=O) groups excluding carboxylic acids is 1. The molecule has 0 aromatic heterocycles. The van der Waals surface area contributed by atoms with E-state index in [0.717, 1.165) is 5.57 Å². The van der Waals surface area contributed by atoms with Gasteiger partial charge in [0.15, 0.2) is 0 Å². The summed E-state index contributed by atoms with van der Waals surface area (Å²) in [7, 11) is 0. The van der Waals surface area contributed by atoms with Crippen LogP contribution in [0.25, 0.3) is 0 Å². The van der Waals surface area contributed by atoms with E-state index in [1.807, 2.05) is 19.9 Å². The Morgan fingerprint density at radius 1 is 1.44 bits per heavy atom. The standard InChI is InChI=1S/C13H21NO2/c1-3-8(2)13(16)14-12-10-5-4-9(6-10)11(12)7-15/h3,9-12,15H,4-7H2,1-2H3,(H,14,16)/b8-3-. The summed E-state index contributed by atoms with van der Waals surface area (Å²) in [6.07, 6.45) is 5.45. The highest BCUT2D eigenvalue weighted by atomic mass is 16.3. The molecule has 4 unspecified atom stereocenters. The zero-order valence-electron chi connectivity index (χ0n) is 10.1. The van der Waals surface area contributed by atoms with Crippen LogP contribution in [0.5, 0.6) is 0 Å². The number of amides is 1. The van der Waals surface area contributed by atoms with E-state index < -0.39 is 0 Å². The zero-order valence-corrected chi connectivity index (χ0v) is 10.1. The second-order valence-corrected chi connectivity index (χ2v) is 5.15. The molecule has 0 aromatic rings. The minimum Gasteiger partial charge on any atom is -0.396 e. The maximum Gasteiger partial charge on any atom is 0.246 e. The molecule has 16 heavy (non-hydrogen) atoms.